The van der Waals surface area contributed by atoms with Gasteiger partial charge in [0, 0.05) is 11.2 Å². The summed E-state index contributed by atoms with van der Waals surface area (Å²) >= 11 is -1.16. The van der Waals surface area contributed by atoms with Crippen molar-refractivity contribution in [1.29, 1.82) is 0 Å². The van der Waals surface area contributed by atoms with Crippen molar-refractivity contribution in [3.05, 3.63) is 24.3 Å². The van der Waals surface area contributed by atoms with Crippen molar-refractivity contribution >= 4 is 17.1 Å². The molecule has 0 spiro atoms. The van der Waals surface area contributed by atoms with Crippen molar-refractivity contribution in [2.45, 2.75) is 16.7 Å². The van der Waals surface area contributed by atoms with Gasteiger partial charge in [-0.15, -0.1) is 0 Å². The standard InChI is InChI=1S/C10H11NO3S/c1-14-7-2-4-8(5-3-7)15(13)10-6-9(12)11-10/h2-5,10H,6H2,1H3,(H,11,12). The first-order valence-electron chi connectivity index (χ1n) is 4.54. The van der Waals surface area contributed by atoms with E-state index in [0.717, 1.165) is 5.75 Å². The maximum Gasteiger partial charge on any atom is 0.230 e. The minimum atomic E-state index is -1.16. The average molecular weight is 225 g/mol. The first kappa shape index (κ1) is 10.3. The van der Waals surface area contributed by atoms with Crippen molar-refractivity contribution in [2.75, 3.05) is 7.11 Å². The lowest BCUT2D eigenvalue weighted by atomic mass is 10.3. The summed E-state index contributed by atoms with van der Waals surface area (Å²) in [6, 6.07) is 7.01. The molecule has 0 radical (unpaired) electrons. The van der Waals surface area contributed by atoms with E-state index >= 15 is 0 Å². The summed E-state index contributed by atoms with van der Waals surface area (Å²) in [4.78, 5) is 11.4. The highest BCUT2D eigenvalue weighted by atomic mass is 32.2. The molecule has 1 aliphatic heterocycles. The van der Waals surface area contributed by atoms with Crippen LogP contribution in [0.4, 0.5) is 0 Å². The Morgan fingerprint density at radius 2 is 2.07 bits per heavy atom. The summed E-state index contributed by atoms with van der Waals surface area (Å²) in [6.45, 7) is 0. The number of ether oxygens (including phenoxy) is 1. The minimum absolute atomic E-state index is 0.0399. The molecular weight excluding hydrogens is 214 g/mol. The molecule has 1 N–H and O–H groups in total. The van der Waals surface area contributed by atoms with E-state index in [1.165, 1.54) is 0 Å². The predicted molar refractivity (Wildman–Crippen MR) is 56.0 cm³/mol. The van der Waals surface area contributed by atoms with Crippen LogP contribution in [0.2, 0.25) is 0 Å². The number of rotatable bonds is 3. The summed E-state index contributed by atoms with van der Waals surface area (Å²) in [5, 5.41) is 2.37. The fourth-order valence-corrected chi connectivity index (χ4v) is 2.60. The van der Waals surface area contributed by atoms with Gasteiger partial charge in [-0.25, -0.2) is 0 Å². The summed E-state index contributed by atoms with van der Waals surface area (Å²) in [5.41, 5.74) is 0. The molecule has 0 saturated carbocycles. The molecule has 5 heteroatoms. The van der Waals surface area contributed by atoms with Crippen LogP contribution in [-0.4, -0.2) is 22.9 Å². The quantitative estimate of drug-likeness (QED) is 0.607. The normalized spacial score (nSPS) is 21.5. The number of hydrogen-bond acceptors (Lipinski definition) is 3. The van der Waals surface area contributed by atoms with Crippen LogP contribution in [0.1, 0.15) is 6.42 Å². The SMILES string of the molecule is COc1ccc([S+]([O-])C2CC(=O)N2)cc1. The smallest absolute Gasteiger partial charge is 0.230 e. The Labute approximate surface area is 90.8 Å². The Hall–Kier alpha value is -1.20. The molecule has 1 amide bonds. The molecule has 1 aromatic rings. The van der Waals surface area contributed by atoms with Crippen LogP contribution in [0.25, 0.3) is 0 Å². The van der Waals surface area contributed by atoms with E-state index in [1.54, 1.807) is 31.4 Å². The molecule has 0 bridgehead atoms. The zero-order valence-corrected chi connectivity index (χ0v) is 9.04. The van der Waals surface area contributed by atoms with Gasteiger partial charge in [0.1, 0.15) is 5.75 Å². The number of amides is 1. The van der Waals surface area contributed by atoms with E-state index in [-0.39, 0.29) is 11.3 Å². The van der Waals surface area contributed by atoms with Gasteiger partial charge in [-0.2, -0.15) is 0 Å². The van der Waals surface area contributed by atoms with Crippen LogP contribution in [0.3, 0.4) is 0 Å². The van der Waals surface area contributed by atoms with Crippen molar-refractivity contribution in [3.8, 4) is 5.75 Å². The largest absolute Gasteiger partial charge is 0.610 e. The van der Waals surface area contributed by atoms with E-state index in [9.17, 15) is 9.35 Å². The van der Waals surface area contributed by atoms with Crippen molar-refractivity contribution in [3.63, 3.8) is 0 Å². The van der Waals surface area contributed by atoms with Crippen molar-refractivity contribution < 1.29 is 14.1 Å². The zero-order chi connectivity index (χ0) is 10.8. The maximum absolute atomic E-state index is 11.8. The number of hydrogen-bond donors (Lipinski definition) is 1. The summed E-state index contributed by atoms with van der Waals surface area (Å²) < 4.78 is 16.8. The number of nitrogens with one attached hydrogen (secondary N) is 1. The highest BCUT2D eigenvalue weighted by Crippen LogP contribution is 2.23. The van der Waals surface area contributed by atoms with Crippen molar-refractivity contribution in [2.24, 2.45) is 0 Å². The molecule has 1 aromatic carbocycles. The highest BCUT2D eigenvalue weighted by molar-refractivity contribution is 7.92. The number of benzene rings is 1. The van der Waals surface area contributed by atoms with Gasteiger partial charge in [0.2, 0.25) is 11.3 Å². The molecule has 0 aromatic heterocycles. The van der Waals surface area contributed by atoms with E-state index in [2.05, 4.69) is 5.32 Å². The van der Waals surface area contributed by atoms with Crippen LogP contribution in [0, 0.1) is 0 Å². The number of methoxy groups -OCH3 is 1. The van der Waals surface area contributed by atoms with Crippen LogP contribution >= 0.6 is 0 Å². The molecule has 1 aliphatic rings. The highest BCUT2D eigenvalue weighted by Gasteiger charge is 2.36. The van der Waals surface area contributed by atoms with Gasteiger partial charge < -0.3 is 14.6 Å². The predicted octanol–water partition coefficient (Wildman–Crippen LogP) is 0.649. The second-order valence-electron chi connectivity index (χ2n) is 3.23. The minimum Gasteiger partial charge on any atom is -0.610 e. The lowest BCUT2D eigenvalue weighted by molar-refractivity contribution is -0.126. The molecule has 2 atom stereocenters. The fourth-order valence-electron chi connectivity index (χ4n) is 1.33. The van der Waals surface area contributed by atoms with Crippen LogP contribution in [-0.2, 0) is 16.0 Å². The maximum atomic E-state index is 11.8. The fraction of sp³-hybridized carbons (Fsp3) is 0.300. The topological polar surface area (TPSA) is 61.4 Å². The Balaban J connectivity index is 2.05. The van der Waals surface area contributed by atoms with Crippen LogP contribution in [0.15, 0.2) is 29.2 Å². The van der Waals surface area contributed by atoms with Gasteiger partial charge in [0.15, 0.2) is 4.90 Å². The second-order valence-corrected chi connectivity index (χ2v) is 4.87. The Morgan fingerprint density at radius 1 is 1.47 bits per heavy atom. The van der Waals surface area contributed by atoms with E-state index in [4.69, 9.17) is 4.74 Å². The molecule has 2 rings (SSSR count). The third-order valence-corrected chi connectivity index (χ3v) is 3.78. The van der Waals surface area contributed by atoms with Crippen LogP contribution < -0.4 is 10.1 Å². The van der Waals surface area contributed by atoms with E-state index in [0.29, 0.717) is 11.3 Å². The van der Waals surface area contributed by atoms with Crippen molar-refractivity contribution in [1.82, 2.24) is 5.32 Å². The molecule has 0 aliphatic carbocycles. The molecule has 15 heavy (non-hydrogen) atoms. The summed E-state index contributed by atoms with van der Waals surface area (Å²) in [6.07, 6.45) is 0.346. The molecule has 4 nitrogen and oxygen atoms in total. The molecule has 1 saturated heterocycles. The first-order valence-corrected chi connectivity index (χ1v) is 5.76. The second kappa shape index (κ2) is 4.12. The Kier molecular flexibility index (Phi) is 2.83. The summed E-state index contributed by atoms with van der Waals surface area (Å²) in [7, 11) is 1.58. The molecule has 2 unspecified atom stereocenters. The zero-order valence-electron chi connectivity index (χ0n) is 8.23. The number of β-lactam (4-membered cyclic amide) rings is 1. The molecule has 80 valence electrons. The van der Waals surface area contributed by atoms with Gasteiger partial charge in [0.05, 0.1) is 13.5 Å². The number of carbonyl (C=O) groups is 1. The molecule has 1 fully saturated rings. The van der Waals surface area contributed by atoms with E-state index in [1.807, 2.05) is 0 Å². The lowest BCUT2D eigenvalue weighted by Crippen LogP contribution is -2.52. The third-order valence-electron chi connectivity index (χ3n) is 2.24. The summed E-state index contributed by atoms with van der Waals surface area (Å²) in [5.74, 6) is 0.690. The molecule has 1 heterocycles. The van der Waals surface area contributed by atoms with Gasteiger partial charge in [-0.3, -0.25) is 4.79 Å². The van der Waals surface area contributed by atoms with Gasteiger partial charge >= 0.3 is 0 Å². The van der Waals surface area contributed by atoms with E-state index < -0.39 is 11.2 Å². The first-order chi connectivity index (χ1) is 7.20. The molecular formula is C10H11NO3S. The van der Waals surface area contributed by atoms with Gasteiger partial charge in [0.25, 0.3) is 0 Å². The lowest BCUT2D eigenvalue weighted by Gasteiger charge is -2.28. The monoisotopic (exact) mass is 225 g/mol. The Bertz CT molecular complexity index is 357. The number of carbonyl (C=O) groups excluding carboxylic acids is 1. The Morgan fingerprint density at radius 3 is 2.53 bits per heavy atom. The van der Waals surface area contributed by atoms with Gasteiger partial charge in [-0.1, -0.05) is 0 Å². The van der Waals surface area contributed by atoms with Crippen LogP contribution in [0.5, 0.6) is 5.75 Å². The average Bonchev–Trinajstić information content (AvgIpc) is 2.24. The van der Waals surface area contributed by atoms with Gasteiger partial charge in [-0.05, 0) is 24.3 Å². The third kappa shape index (κ3) is 2.08.